The van der Waals surface area contributed by atoms with Gasteiger partial charge in [0.1, 0.15) is 10.0 Å². The molecule has 0 amide bonds. The quantitative estimate of drug-likeness (QED) is 0.547. The van der Waals surface area contributed by atoms with Crippen LogP contribution in [-0.4, -0.2) is 31.7 Å². The van der Waals surface area contributed by atoms with Gasteiger partial charge >= 0.3 is 0 Å². The van der Waals surface area contributed by atoms with Crippen LogP contribution in [0.15, 0.2) is 36.7 Å². The van der Waals surface area contributed by atoms with Gasteiger partial charge in [0.25, 0.3) is 0 Å². The summed E-state index contributed by atoms with van der Waals surface area (Å²) in [5.41, 5.74) is 8.40. The monoisotopic (exact) mass is 385 g/mol. The third-order valence-corrected chi connectivity index (χ3v) is 5.83. The van der Waals surface area contributed by atoms with E-state index in [4.69, 9.17) is 5.73 Å². The zero-order valence-electron chi connectivity index (χ0n) is 15.9. The molecule has 1 aromatic carbocycles. The van der Waals surface area contributed by atoms with E-state index in [9.17, 15) is 5.11 Å². The highest BCUT2D eigenvalue weighted by atomic mass is 32.1. The molecule has 3 N–H and O–H groups in total. The van der Waals surface area contributed by atoms with Crippen LogP contribution in [0.4, 0.5) is 0 Å². The first-order chi connectivity index (χ1) is 13.0. The summed E-state index contributed by atoms with van der Waals surface area (Å²) in [5, 5.41) is 23.6. The fourth-order valence-corrected chi connectivity index (χ4v) is 3.68. The van der Waals surface area contributed by atoms with Gasteiger partial charge in [-0.2, -0.15) is 5.10 Å². The number of hydrogen-bond acceptors (Lipinski definition) is 6. The van der Waals surface area contributed by atoms with E-state index in [0.29, 0.717) is 5.01 Å². The van der Waals surface area contributed by atoms with Crippen molar-refractivity contribution in [3.63, 3.8) is 0 Å². The second-order valence-electron chi connectivity index (χ2n) is 7.12. The summed E-state index contributed by atoms with van der Waals surface area (Å²) in [5.74, 6) is 0. The molecule has 1 atom stereocenters. The van der Waals surface area contributed by atoms with Gasteiger partial charge in [-0.3, -0.25) is 4.68 Å². The van der Waals surface area contributed by atoms with Crippen LogP contribution in [-0.2, 0) is 12.1 Å². The predicted octanol–water partition coefficient (Wildman–Crippen LogP) is 3.82. The first kappa shape index (κ1) is 19.7. The van der Waals surface area contributed by atoms with E-state index in [0.717, 1.165) is 28.2 Å². The van der Waals surface area contributed by atoms with Crippen LogP contribution in [0.3, 0.4) is 0 Å². The van der Waals surface area contributed by atoms with Gasteiger partial charge in [0.05, 0.1) is 18.3 Å². The zero-order valence-corrected chi connectivity index (χ0v) is 16.7. The third kappa shape index (κ3) is 4.80. The van der Waals surface area contributed by atoms with E-state index >= 15 is 0 Å². The number of aryl methyl sites for hydroxylation is 1. The molecular weight excluding hydrogens is 358 g/mol. The van der Waals surface area contributed by atoms with E-state index < -0.39 is 5.54 Å². The van der Waals surface area contributed by atoms with Crippen LogP contribution in [0.5, 0.6) is 0 Å². The second-order valence-corrected chi connectivity index (χ2v) is 8.10. The van der Waals surface area contributed by atoms with Gasteiger partial charge in [-0.05, 0) is 18.9 Å². The Morgan fingerprint density at radius 1 is 1.07 bits per heavy atom. The lowest BCUT2D eigenvalue weighted by Crippen LogP contribution is -2.36. The number of benzene rings is 1. The average molecular weight is 386 g/mol. The van der Waals surface area contributed by atoms with Crippen molar-refractivity contribution in [3.8, 4) is 21.7 Å². The first-order valence-corrected chi connectivity index (χ1v) is 10.2. The van der Waals surface area contributed by atoms with Crippen molar-refractivity contribution in [1.29, 1.82) is 0 Å². The van der Waals surface area contributed by atoms with Gasteiger partial charge in [0, 0.05) is 23.9 Å². The Kier molecular flexibility index (Phi) is 6.36. The average Bonchev–Trinajstić information content (AvgIpc) is 3.36. The van der Waals surface area contributed by atoms with Gasteiger partial charge in [0.15, 0.2) is 0 Å². The minimum absolute atomic E-state index is 0.164. The molecule has 0 aliphatic heterocycles. The third-order valence-electron chi connectivity index (χ3n) is 4.58. The maximum Gasteiger partial charge on any atom is 0.147 e. The topological polar surface area (TPSA) is 89.9 Å². The van der Waals surface area contributed by atoms with Crippen molar-refractivity contribution in [1.82, 2.24) is 20.0 Å². The number of aromatic nitrogens is 4. The maximum atomic E-state index is 9.38. The summed E-state index contributed by atoms with van der Waals surface area (Å²) in [7, 11) is 0. The minimum atomic E-state index is -0.860. The molecule has 0 bridgehead atoms. The number of unbranched alkanes of at least 4 members (excludes halogenated alkanes) is 3. The molecule has 144 valence electrons. The van der Waals surface area contributed by atoms with Gasteiger partial charge in [-0.25, -0.2) is 0 Å². The summed E-state index contributed by atoms with van der Waals surface area (Å²) in [6.07, 6.45) is 8.97. The van der Waals surface area contributed by atoms with Crippen molar-refractivity contribution < 1.29 is 5.11 Å². The molecule has 0 radical (unpaired) electrons. The van der Waals surface area contributed by atoms with E-state index in [1.165, 1.54) is 37.0 Å². The molecule has 27 heavy (non-hydrogen) atoms. The van der Waals surface area contributed by atoms with Crippen molar-refractivity contribution in [2.45, 2.75) is 51.6 Å². The Morgan fingerprint density at radius 2 is 1.81 bits per heavy atom. The van der Waals surface area contributed by atoms with Crippen LogP contribution in [0.25, 0.3) is 21.7 Å². The van der Waals surface area contributed by atoms with E-state index in [1.807, 2.05) is 23.0 Å². The molecule has 0 saturated heterocycles. The summed E-state index contributed by atoms with van der Waals surface area (Å²) in [6.45, 7) is 4.78. The van der Waals surface area contributed by atoms with Gasteiger partial charge in [0.2, 0.25) is 0 Å². The molecule has 0 aliphatic rings. The Bertz CT molecular complexity index is 853. The standard InChI is InChI=1S/C20H27N5OS/c1-3-4-5-6-11-25-13-17(12-22-25)15-7-9-16(10-8-15)18-23-24-19(27-18)20(2,21)14-26/h7-10,12-13,26H,3-6,11,14,21H2,1-2H3/t20-/m0/s1. The minimum Gasteiger partial charge on any atom is -0.394 e. The highest BCUT2D eigenvalue weighted by Gasteiger charge is 2.25. The maximum absolute atomic E-state index is 9.38. The predicted molar refractivity (Wildman–Crippen MR) is 109 cm³/mol. The lowest BCUT2D eigenvalue weighted by Gasteiger charge is -2.16. The molecule has 0 aliphatic carbocycles. The lowest BCUT2D eigenvalue weighted by molar-refractivity contribution is 0.209. The molecule has 0 fully saturated rings. The Morgan fingerprint density at radius 3 is 2.52 bits per heavy atom. The highest BCUT2D eigenvalue weighted by Crippen LogP contribution is 2.30. The summed E-state index contributed by atoms with van der Waals surface area (Å²) >= 11 is 1.41. The molecular formula is C20H27N5OS. The number of rotatable bonds is 9. The Hall–Kier alpha value is -2.09. The smallest absolute Gasteiger partial charge is 0.147 e. The number of hydrogen-bond donors (Lipinski definition) is 2. The molecule has 0 spiro atoms. The molecule has 0 saturated carbocycles. The lowest BCUT2D eigenvalue weighted by atomic mass is 10.1. The van der Waals surface area contributed by atoms with Gasteiger partial charge in [-0.15, -0.1) is 10.2 Å². The van der Waals surface area contributed by atoms with Crippen LogP contribution >= 0.6 is 11.3 Å². The Balaban J connectivity index is 1.68. The zero-order chi connectivity index (χ0) is 19.3. The number of aliphatic hydroxyl groups excluding tert-OH is 1. The molecule has 6 nitrogen and oxygen atoms in total. The van der Waals surface area contributed by atoms with E-state index in [2.05, 4.69) is 40.5 Å². The van der Waals surface area contributed by atoms with E-state index in [1.54, 1.807) is 6.92 Å². The van der Waals surface area contributed by atoms with Crippen LogP contribution in [0.1, 0.15) is 44.5 Å². The Labute approximate surface area is 164 Å². The molecule has 0 unspecified atom stereocenters. The molecule has 3 aromatic rings. The van der Waals surface area contributed by atoms with Crippen molar-refractivity contribution in [2.75, 3.05) is 6.61 Å². The number of nitrogens with zero attached hydrogens (tertiary/aromatic N) is 4. The molecule has 3 rings (SSSR count). The number of nitrogens with two attached hydrogens (primary N) is 1. The molecule has 2 aromatic heterocycles. The van der Waals surface area contributed by atoms with Crippen molar-refractivity contribution in [2.24, 2.45) is 5.73 Å². The summed E-state index contributed by atoms with van der Waals surface area (Å²) in [6, 6.07) is 8.21. The van der Waals surface area contributed by atoms with Crippen molar-refractivity contribution >= 4 is 11.3 Å². The van der Waals surface area contributed by atoms with E-state index in [-0.39, 0.29) is 6.61 Å². The van der Waals surface area contributed by atoms with Crippen LogP contribution < -0.4 is 5.73 Å². The highest BCUT2D eigenvalue weighted by molar-refractivity contribution is 7.14. The molecule has 7 heteroatoms. The molecule has 2 heterocycles. The van der Waals surface area contributed by atoms with Gasteiger partial charge < -0.3 is 10.8 Å². The summed E-state index contributed by atoms with van der Waals surface area (Å²) < 4.78 is 2.02. The number of aliphatic hydroxyl groups is 1. The van der Waals surface area contributed by atoms with Crippen LogP contribution in [0, 0.1) is 0 Å². The van der Waals surface area contributed by atoms with Gasteiger partial charge in [-0.1, -0.05) is 61.8 Å². The largest absolute Gasteiger partial charge is 0.394 e. The normalized spacial score (nSPS) is 13.6. The SMILES string of the molecule is CCCCCCn1cc(-c2ccc(-c3nnc([C@@](C)(N)CO)s3)cc2)cn1. The fourth-order valence-electron chi connectivity index (χ4n) is 2.78. The summed E-state index contributed by atoms with van der Waals surface area (Å²) in [4.78, 5) is 0. The first-order valence-electron chi connectivity index (χ1n) is 9.40. The fraction of sp³-hybridized carbons (Fsp3) is 0.450. The van der Waals surface area contributed by atoms with Crippen molar-refractivity contribution in [3.05, 3.63) is 41.7 Å². The van der Waals surface area contributed by atoms with Crippen LogP contribution in [0.2, 0.25) is 0 Å². The second kappa shape index (κ2) is 8.73.